The van der Waals surface area contributed by atoms with Crippen molar-refractivity contribution >= 4 is 51.4 Å². The molecule has 10 heteroatoms. The van der Waals surface area contributed by atoms with Crippen LogP contribution in [-0.4, -0.2) is 30.8 Å². The summed E-state index contributed by atoms with van der Waals surface area (Å²) in [6.07, 6.45) is 5.22. The van der Waals surface area contributed by atoms with E-state index in [1.807, 2.05) is 6.07 Å². The van der Waals surface area contributed by atoms with Gasteiger partial charge in [0.1, 0.15) is 5.69 Å². The summed E-state index contributed by atoms with van der Waals surface area (Å²) in [5.41, 5.74) is 9.00. The lowest BCUT2D eigenvalue weighted by Gasteiger charge is -2.21. The van der Waals surface area contributed by atoms with E-state index in [4.69, 9.17) is 33.9 Å². The molecule has 0 unspecified atom stereocenters. The number of carbonyl (C=O) groups excluding carboxylic acids is 1. The summed E-state index contributed by atoms with van der Waals surface area (Å²) in [5, 5.41) is 20.1. The van der Waals surface area contributed by atoms with Crippen LogP contribution in [0.4, 0.5) is 11.4 Å². The number of primary amides is 1. The van der Waals surface area contributed by atoms with E-state index in [1.165, 1.54) is 6.20 Å². The number of anilines is 2. The maximum atomic E-state index is 12.2. The molecule has 8 nitrogen and oxygen atoms in total. The van der Waals surface area contributed by atoms with E-state index in [-0.39, 0.29) is 28.1 Å². The van der Waals surface area contributed by atoms with Gasteiger partial charge in [-0.05, 0) is 61.6 Å². The van der Waals surface area contributed by atoms with Gasteiger partial charge in [-0.15, -0.1) is 0 Å². The number of aromatic nitrogens is 4. The van der Waals surface area contributed by atoms with Crippen LogP contribution < -0.4 is 11.1 Å². The van der Waals surface area contributed by atoms with Crippen LogP contribution in [-0.2, 0) is 12.8 Å². The number of hydrogen-bond acceptors (Lipinski definition) is 6. The fraction of sp³-hybridized carbons (Fsp3) is 0.182. The molecule has 162 valence electrons. The lowest BCUT2D eigenvalue weighted by atomic mass is 9.92. The number of nitrogens with zero attached hydrogens (tertiary/aromatic N) is 4. The van der Waals surface area contributed by atoms with Crippen LogP contribution in [0.5, 0.6) is 5.88 Å². The van der Waals surface area contributed by atoms with E-state index in [9.17, 15) is 9.90 Å². The molecule has 1 amide bonds. The fourth-order valence-corrected chi connectivity index (χ4v) is 4.41. The Morgan fingerprint density at radius 1 is 1.16 bits per heavy atom. The third-order valence-corrected chi connectivity index (χ3v) is 6.04. The zero-order valence-corrected chi connectivity index (χ0v) is 18.3. The zero-order chi connectivity index (χ0) is 22.4. The van der Waals surface area contributed by atoms with Crippen molar-refractivity contribution in [2.24, 2.45) is 5.73 Å². The average molecular weight is 469 g/mol. The largest absolute Gasteiger partial charge is 0.492 e. The van der Waals surface area contributed by atoms with Gasteiger partial charge in [0.15, 0.2) is 11.5 Å². The number of halogens is 2. The monoisotopic (exact) mass is 468 g/mol. The molecule has 4 aromatic rings. The maximum Gasteiger partial charge on any atom is 0.271 e. The van der Waals surface area contributed by atoms with Gasteiger partial charge in [-0.1, -0.05) is 23.2 Å². The third kappa shape index (κ3) is 3.41. The summed E-state index contributed by atoms with van der Waals surface area (Å²) in [6.45, 7) is 0. The molecule has 0 saturated heterocycles. The summed E-state index contributed by atoms with van der Waals surface area (Å²) in [5.74, 6) is -0.956. The predicted octanol–water partition coefficient (Wildman–Crippen LogP) is 4.55. The molecule has 0 radical (unpaired) electrons. The van der Waals surface area contributed by atoms with Crippen molar-refractivity contribution in [3.8, 4) is 11.7 Å². The maximum absolute atomic E-state index is 12.2. The van der Waals surface area contributed by atoms with E-state index in [0.29, 0.717) is 5.02 Å². The fourth-order valence-electron chi connectivity index (χ4n) is 4.04. The number of nitrogens with one attached hydrogen (secondary N) is 1. The van der Waals surface area contributed by atoms with Gasteiger partial charge in [0, 0.05) is 22.3 Å². The quantitative estimate of drug-likeness (QED) is 0.404. The lowest BCUT2D eigenvalue weighted by molar-refractivity contribution is 0.0996. The molecular weight excluding hydrogens is 451 g/mol. The Morgan fingerprint density at radius 3 is 2.75 bits per heavy atom. The molecule has 3 aromatic heterocycles. The number of rotatable bonds is 4. The van der Waals surface area contributed by atoms with E-state index in [2.05, 4.69) is 15.4 Å². The molecule has 1 aliphatic carbocycles. The standard InChI is InChI=1S/C22H18Cl2N6O2/c23-11-7-8-13-16(10-11)27-15-6-2-1-4-12(15)17(13)28-19-18(20(25)31)29-30(22(19)32)21-14(24)5-3-9-26-21/h3,5,7-10,32H,1-2,4,6H2,(H2,25,31)(H,27,28). The van der Waals surface area contributed by atoms with Gasteiger partial charge >= 0.3 is 0 Å². The molecule has 5 rings (SSSR count). The van der Waals surface area contributed by atoms with Crippen LogP contribution in [0.2, 0.25) is 10.0 Å². The van der Waals surface area contributed by atoms with Crippen LogP contribution >= 0.6 is 23.2 Å². The SMILES string of the molecule is NC(=O)c1nn(-c2ncccc2Cl)c(O)c1Nc1c2c(nc3cc(Cl)ccc13)CCCC2. The Bertz CT molecular complexity index is 1380. The first-order chi connectivity index (χ1) is 15.4. The second-order valence-corrected chi connectivity index (χ2v) is 8.38. The minimum atomic E-state index is -0.802. The molecule has 1 aromatic carbocycles. The Labute approximate surface area is 193 Å². The van der Waals surface area contributed by atoms with Gasteiger partial charge in [-0.25, -0.2) is 4.98 Å². The van der Waals surface area contributed by atoms with Crippen LogP contribution in [0.3, 0.4) is 0 Å². The molecule has 0 saturated carbocycles. The highest BCUT2D eigenvalue weighted by Gasteiger charge is 2.26. The second-order valence-electron chi connectivity index (χ2n) is 7.54. The average Bonchev–Trinajstić information content (AvgIpc) is 3.10. The first-order valence-corrected chi connectivity index (χ1v) is 10.8. The van der Waals surface area contributed by atoms with Gasteiger partial charge in [0.25, 0.3) is 5.91 Å². The number of pyridine rings is 2. The van der Waals surface area contributed by atoms with Gasteiger partial charge in [-0.3, -0.25) is 9.78 Å². The summed E-state index contributed by atoms with van der Waals surface area (Å²) in [4.78, 5) is 21.2. The van der Waals surface area contributed by atoms with Gasteiger partial charge in [0.2, 0.25) is 5.88 Å². The van der Waals surface area contributed by atoms with Gasteiger partial charge < -0.3 is 16.2 Å². The molecule has 0 fully saturated rings. The first kappa shape index (κ1) is 20.5. The second kappa shape index (κ2) is 7.96. The zero-order valence-electron chi connectivity index (χ0n) is 16.8. The lowest BCUT2D eigenvalue weighted by Crippen LogP contribution is -2.15. The summed E-state index contributed by atoms with van der Waals surface area (Å²) < 4.78 is 1.09. The molecule has 3 heterocycles. The predicted molar refractivity (Wildman–Crippen MR) is 123 cm³/mol. The molecular formula is C22H18Cl2N6O2. The highest BCUT2D eigenvalue weighted by atomic mass is 35.5. The van der Waals surface area contributed by atoms with Crippen LogP contribution in [0, 0.1) is 0 Å². The van der Waals surface area contributed by atoms with Crippen LogP contribution in [0.25, 0.3) is 16.7 Å². The van der Waals surface area contributed by atoms with E-state index >= 15 is 0 Å². The Hall–Kier alpha value is -3.36. The van der Waals surface area contributed by atoms with Gasteiger partial charge in [-0.2, -0.15) is 9.78 Å². The number of fused-ring (bicyclic) bond motifs is 2. The van der Waals surface area contributed by atoms with Crippen molar-refractivity contribution in [1.29, 1.82) is 0 Å². The molecule has 0 atom stereocenters. The number of nitrogens with two attached hydrogens (primary N) is 1. The number of aryl methyl sites for hydroxylation is 1. The third-order valence-electron chi connectivity index (χ3n) is 5.51. The van der Waals surface area contributed by atoms with E-state index in [0.717, 1.165) is 58.2 Å². The summed E-state index contributed by atoms with van der Waals surface area (Å²) in [6, 6.07) is 8.70. The minimum absolute atomic E-state index is 0.0782. The van der Waals surface area contributed by atoms with Crippen molar-refractivity contribution in [3.63, 3.8) is 0 Å². The summed E-state index contributed by atoms with van der Waals surface area (Å²) in [7, 11) is 0. The first-order valence-electron chi connectivity index (χ1n) is 10.0. The van der Waals surface area contributed by atoms with Crippen LogP contribution in [0.1, 0.15) is 34.6 Å². The number of carbonyl (C=O) groups is 1. The van der Waals surface area contributed by atoms with E-state index in [1.54, 1.807) is 24.3 Å². The Kier molecular flexibility index (Phi) is 5.11. The highest BCUT2D eigenvalue weighted by molar-refractivity contribution is 6.32. The van der Waals surface area contributed by atoms with Crippen molar-refractivity contribution in [2.45, 2.75) is 25.7 Å². The van der Waals surface area contributed by atoms with Crippen molar-refractivity contribution in [2.75, 3.05) is 5.32 Å². The molecule has 0 spiro atoms. The molecule has 4 N–H and O–H groups in total. The normalized spacial score (nSPS) is 13.2. The number of aromatic hydroxyl groups is 1. The van der Waals surface area contributed by atoms with Crippen molar-refractivity contribution in [3.05, 3.63) is 63.5 Å². The molecule has 0 aliphatic heterocycles. The molecule has 1 aliphatic rings. The van der Waals surface area contributed by atoms with Crippen molar-refractivity contribution in [1.82, 2.24) is 19.7 Å². The van der Waals surface area contributed by atoms with E-state index < -0.39 is 5.91 Å². The number of benzene rings is 1. The van der Waals surface area contributed by atoms with Crippen molar-refractivity contribution < 1.29 is 9.90 Å². The molecule has 32 heavy (non-hydrogen) atoms. The summed E-state index contributed by atoms with van der Waals surface area (Å²) >= 11 is 12.4. The smallest absolute Gasteiger partial charge is 0.271 e. The minimum Gasteiger partial charge on any atom is -0.492 e. The molecule has 0 bridgehead atoms. The number of hydrogen-bond donors (Lipinski definition) is 3. The number of amides is 1. The van der Waals surface area contributed by atoms with Gasteiger partial charge in [0.05, 0.1) is 16.2 Å². The highest BCUT2D eigenvalue weighted by Crippen LogP contribution is 2.40. The topological polar surface area (TPSA) is 119 Å². The Balaban J connectivity index is 1.73. The Morgan fingerprint density at radius 2 is 1.97 bits per heavy atom. The van der Waals surface area contributed by atoms with Crippen LogP contribution in [0.15, 0.2) is 36.5 Å².